The highest BCUT2D eigenvalue weighted by atomic mass is 35.5. The van der Waals surface area contributed by atoms with E-state index in [0.717, 1.165) is 17.1 Å². The van der Waals surface area contributed by atoms with Gasteiger partial charge in [0.25, 0.3) is 0 Å². The largest absolute Gasteiger partial charge is 0.340 e. The van der Waals surface area contributed by atoms with Gasteiger partial charge in [0.1, 0.15) is 16.8 Å². The summed E-state index contributed by atoms with van der Waals surface area (Å²) >= 11 is 6.09. The first-order valence-corrected chi connectivity index (χ1v) is 6.78. The summed E-state index contributed by atoms with van der Waals surface area (Å²) in [5.41, 5.74) is 1.84. The number of hydrogen-bond acceptors (Lipinski definition) is 3. The van der Waals surface area contributed by atoms with Crippen molar-refractivity contribution in [3.63, 3.8) is 0 Å². The Morgan fingerprint density at radius 3 is 2.50 bits per heavy atom. The fourth-order valence-electron chi connectivity index (χ4n) is 2.12. The van der Waals surface area contributed by atoms with Crippen molar-refractivity contribution in [2.45, 2.75) is 13.8 Å². The van der Waals surface area contributed by atoms with Gasteiger partial charge < -0.3 is 5.32 Å². The second-order valence-electron chi connectivity index (χ2n) is 4.72. The number of aryl methyl sites for hydroxylation is 1. The highest BCUT2D eigenvalue weighted by Gasteiger charge is 2.07. The molecule has 3 aromatic rings. The molecule has 0 bridgehead atoms. The zero-order valence-electron chi connectivity index (χ0n) is 11.3. The monoisotopic (exact) mass is 283 g/mol. The van der Waals surface area contributed by atoms with Crippen LogP contribution in [0, 0.1) is 13.8 Å². The number of benzene rings is 2. The smallest absolute Gasteiger partial charge is 0.138 e. The summed E-state index contributed by atoms with van der Waals surface area (Å²) in [5.74, 6) is 1.40. The molecule has 0 aliphatic carbocycles. The predicted molar refractivity (Wildman–Crippen MR) is 83.7 cm³/mol. The lowest BCUT2D eigenvalue weighted by molar-refractivity contribution is 1.04. The average Bonchev–Trinajstić information content (AvgIpc) is 2.44. The molecule has 0 unspecified atom stereocenters. The van der Waals surface area contributed by atoms with Crippen LogP contribution in [0.4, 0.5) is 11.5 Å². The van der Waals surface area contributed by atoms with Crippen LogP contribution < -0.4 is 5.32 Å². The lowest BCUT2D eigenvalue weighted by Gasteiger charge is -2.11. The molecule has 1 N–H and O–H groups in total. The van der Waals surface area contributed by atoms with Crippen LogP contribution in [-0.4, -0.2) is 9.97 Å². The zero-order valence-corrected chi connectivity index (χ0v) is 12.1. The lowest BCUT2D eigenvalue weighted by atomic mass is 10.1. The van der Waals surface area contributed by atoms with Crippen LogP contribution in [-0.2, 0) is 0 Å². The molecular weight excluding hydrogens is 270 g/mol. The minimum Gasteiger partial charge on any atom is -0.340 e. The second-order valence-corrected chi connectivity index (χ2v) is 5.08. The van der Waals surface area contributed by atoms with Gasteiger partial charge in [-0.25, -0.2) is 9.97 Å². The Hall–Kier alpha value is -2.13. The highest BCUT2D eigenvalue weighted by molar-refractivity contribution is 6.30. The Morgan fingerprint density at radius 1 is 0.950 bits per heavy atom. The Labute approximate surface area is 122 Å². The number of fused-ring (bicyclic) bond motifs is 1. The minimum absolute atomic E-state index is 0.487. The van der Waals surface area contributed by atoms with Crippen molar-refractivity contribution < 1.29 is 0 Å². The van der Waals surface area contributed by atoms with Gasteiger partial charge in [0.15, 0.2) is 0 Å². The first-order valence-electron chi connectivity index (χ1n) is 6.40. The predicted octanol–water partition coefficient (Wildman–Crippen LogP) is 4.64. The van der Waals surface area contributed by atoms with Crippen LogP contribution in [0.2, 0.25) is 5.15 Å². The Bertz CT molecular complexity index is 784. The molecule has 2 aromatic carbocycles. The number of nitrogens with zero attached hydrogens (tertiary/aromatic N) is 2. The van der Waals surface area contributed by atoms with Crippen LogP contribution >= 0.6 is 11.6 Å². The van der Waals surface area contributed by atoms with Crippen molar-refractivity contribution in [2.75, 3.05) is 5.32 Å². The summed E-state index contributed by atoms with van der Waals surface area (Å²) < 4.78 is 0. The molecule has 3 nitrogen and oxygen atoms in total. The van der Waals surface area contributed by atoms with Crippen LogP contribution in [0.15, 0.2) is 42.5 Å². The lowest BCUT2D eigenvalue weighted by Crippen LogP contribution is -2.01. The molecule has 20 heavy (non-hydrogen) atoms. The molecule has 0 amide bonds. The van der Waals surface area contributed by atoms with Crippen LogP contribution in [0.3, 0.4) is 0 Å². The van der Waals surface area contributed by atoms with Crippen molar-refractivity contribution in [2.24, 2.45) is 0 Å². The molecule has 1 heterocycles. The summed E-state index contributed by atoms with van der Waals surface area (Å²) in [4.78, 5) is 8.54. The van der Waals surface area contributed by atoms with E-state index >= 15 is 0 Å². The maximum Gasteiger partial charge on any atom is 0.138 e. The summed E-state index contributed by atoms with van der Waals surface area (Å²) in [6.45, 7) is 3.74. The number of halogens is 1. The zero-order chi connectivity index (χ0) is 14.1. The average molecular weight is 284 g/mol. The highest BCUT2D eigenvalue weighted by Crippen LogP contribution is 2.25. The maximum atomic E-state index is 6.09. The SMILES string of the molecule is Cc1nc(Cl)c(C)c(Nc2ccc3ccccc3c2)n1. The normalized spacial score (nSPS) is 10.8. The van der Waals surface area contributed by atoms with Gasteiger partial charge in [-0.3, -0.25) is 0 Å². The quantitative estimate of drug-likeness (QED) is 0.696. The van der Waals surface area contributed by atoms with E-state index in [1.807, 2.05) is 32.0 Å². The molecule has 1 aromatic heterocycles. The standard InChI is InChI=1S/C16H14ClN3/c1-10-15(17)18-11(2)19-16(10)20-14-8-7-12-5-3-4-6-13(12)9-14/h3-9H,1-2H3,(H,18,19,20). The molecule has 100 valence electrons. The third-order valence-electron chi connectivity index (χ3n) is 3.21. The van der Waals surface area contributed by atoms with Gasteiger partial charge in [-0.1, -0.05) is 41.9 Å². The molecule has 0 aliphatic rings. The fourth-order valence-corrected chi connectivity index (χ4v) is 2.33. The van der Waals surface area contributed by atoms with E-state index < -0.39 is 0 Å². The summed E-state index contributed by atoms with van der Waals surface area (Å²) in [6, 6.07) is 14.5. The number of anilines is 2. The first kappa shape index (κ1) is 12.9. The molecule has 4 heteroatoms. The molecule has 0 atom stereocenters. The topological polar surface area (TPSA) is 37.8 Å². The van der Waals surface area contributed by atoms with E-state index in [-0.39, 0.29) is 0 Å². The third kappa shape index (κ3) is 2.45. The Balaban J connectivity index is 2.01. The Morgan fingerprint density at radius 2 is 1.70 bits per heavy atom. The van der Waals surface area contributed by atoms with E-state index in [2.05, 4.69) is 39.6 Å². The minimum atomic E-state index is 0.487. The summed E-state index contributed by atoms with van der Waals surface area (Å²) in [6.07, 6.45) is 0. The molecule has 0 saturated carbocycles. The van der Waals surface area contributed by atoms with E-state index in [1.165, 1.54) is 10.8 Å². The first-order chi connectivity index (χ1) is 9.63. The number of nitrogens with one attached hydrogen (secondary N) is 1. The van der Waals surface area contributed by atoms with Crippen molar-refractivity contribution in [1.29, 1.82) is 0 Å². The second kappa shape index (κ2) is 5.10. The van der Waals surface area contributed by atoms with Gasteiger partial charge in [0.2, 0.25) is 0 Å². The third-order valence-corrected chi connectivity index (χ3v) is 3.58. The van der Waals surface area contributed by atoms with Crippen molar-refractivity contribution in [3.8, 4) is 0 Å². The molecule has 3 rings (SSSR count). The fraction of sp³-hybridized carbons (Fsp3) is 0.125. The number of hydrogen-bond donors (Lipinski definition) is 1. The summed E-state index contributed by atoms with van der Waals surface area (Å²) in [7, 11) is 0. The molecular formula is C16H14ClN3. The van der Waals surface area contributed by atoms with Gasteiger partial charge >= 0.3 is 0 Å². The molecule has 0 spiro atoms. The summed E-state index contributed by atoms with van der Waals surface area (Å²) in [5, 5.41) is 6.20. The van der Waals surface area contributed by atoms with Crippen molar-refractivity contribution >= 4 is 33.9 Å². The molecule has 0 fully saturated rings. The van der Waals surface area contributed by atoms with Crippen molar-refractivity contribution in [1.82, 2.24) is 9.97 Å². The Kier molecular flexibility index (Phi) is 3.28. The maximum absolute atomic E-state index is 6.09. The molecule has 0 radical (unpaired) electrons. The van der Waals surface area contributed by atoms with E-state index in [0.29, 0.717) is 11.0 Å². The van der Waals surface area contributed by atoms with Gasteiger partial charge in [-0.2, -0.15) is 0 Å². The number of aromatic nitrogens is 2. The van der Waals surface area contributed by atoms with Gasteiger partial charge in [-0.05, 0) is 36.8 Å². The van der Waals surface area contributed by atoms with Crippen LogP contribution in [0.1, 0.15) is 11.4 Å². The van der Waals surface area contributed by atoms with Crippen LogP contribution in [0.5, 0.6) is 0 Å². The van der Waals surface area contributed by atoms with E-state index in [4.69, 9.17) is 11.6 Å². The van der Waals surface area contributed by atoms with Crippen molar-refractivity contribution in [3.05, 3.63) is 59.0 Å². The van der Waals surface area contributed by atoms with Crippen LogP contribution in [0.25, 0.3) is 10.8 Å². The molecule has 0 aliphatic heterocycles. The van der Waals surface area contributed by atoms with E-state index in [9.17, 15) is 0 Å². The van der Waals surface area contributed by atoms with E-state index in [1.54, 1.807) is 0 Å². The van der Waals surface area contributed by atoms with Gasteiger partial charge in [-0.15, -0.1) is 0 Å². The molecule has 0 saturated heterocycles. The van der Waals surface area contributed by atoms with Gasteiger partial charge in [0.05, 0.1) is 0 Å². The van der Waals surface area contributed by atoms with Gasteiger partial charge in [0, 0.05) is 11.3 Å². The number of rotatable bonds is 2.